The molecule has 2 aromatic carbocycles. The van der Waals surface area contributed by atoms with Crippen LogP contribution in [-0.2, 0) is 34.9 Å². The lowest BCUT2D eigenvalue weighted by Gasteiger charge is -2.61. The van der Waals surface area contributed by atoms with E-state index in [0.29, 0.717) is 99.2 Å². The number of alkyl halides is 1. The first-order chi connectivity index (χ1) is 51.9. The maximum absolute atomic E-state index is 14.6. The van der Waals surface area contributed by atoms with Crippen LogP contribution in [0.25, 0.3) is 21.8 Å². The number of rotatable bonds is 19. The smallest absolute Gasteiger partial charge is 0.418 e. The van der Waals surface area contributed by atoms with Gasteiger partial charge in [0.25, 0.3) is 0 Å². The van der Waals surface area contributed by atoms with Gasteiger partial charge in [0.05, 0.1) is 91.3 Å². The molecule has 6 saturated carbocycles. The third kappa shape index (κ3) is 16.5. The number of halogens is 3. The fourth-order valence-electron chi connectivity index (χ4n) is 15.2. The molecule has 6 aliphatic carbocycles. The van der Waals surface area contributed by atoms with Crippen LogP contribution >= 0.6 is 11.6 Å². The molecular formula is C78H87ClF2N20O8. The van der Waals surface area contributed by atoms with E-state index in [1.807, 2.05) is 50.4 Å². The second-order valence-corrected chi connectivity index (χ2v) is 32.1. The first-order valence-corrected chi connectivity index (χ1v) is 36.9. The first kappa shape index (κ1) is 77.6. The maximum atomic E-state index is 14.6. The van der Waals surface area contributed by atoms with Crippen molar-refractivity contribution in [3.05, 3.63) is 141 Å². The molecule has 0 radical (unpaired) electrons. The number of amides is 2. The number of anilines is 4. The Kier molecular flexibility index (Phi) is 22.5. The lowest BCUT2D eigenvalue weighted by Crippen LogP contribution is -2.59. The molecular weight excluding hydrogens is 1420 g/mol. The SMILES string of the molecule is CN1CCC(C(=O)O)CC1.Cc1nc(F)ccc1C(c1cn(C23CC(C2)C3)nn1)N(C(=O)OCCl)c1cc(C#N)c2ncc(C#N)c(NCC(C)(C)C)c2c1.Cc1nc(F)ccc1C(c1cn(C23CC(C2)C3)nn1)N(C(=O)OCOC(=O)C1CCN(C)CC1)c1cc(C#N)c2ncc(C#N)c(NCC(C)(C)C)c2c1. The predicted octanol–water partition coefficient (Wildman–Crippen LogP) is 12.7. The van der Waals surface area contributed by atoms with Crippen molar-refractivity contribution in [1.29, 1.82) is 21.0 Å². The third-order valence-corrected chi connectivity index (χ3v) is 21.6. The fraction of sp³-hybridized carbons (Fsp3) is 0.487. The molecule has 2 unspecified atom stereocenters. The summed E-state index contributed by atoms with van der Waals surface area (Å²) in [5.41, 5.74) is 4.59. The van der Waals surface area contributed by atoms with E-state index in [2.05, 4.69) is 106 Å². The van der Waals surface area contributed by atoms with Crippen LogP contribution in [0.3, 0.4) is 0 Å². The van der Waals surface area contributed by atoms with Gasteiger partial charge in [0.15, 0.2) is 6.07 Å². The molecule has 31 heteroatoms. The van der Waals surface area contributed by atoms with Crippen molar-refractivity contribution in [2.24, 2.45) is 34.5 Å². The second-order valence-electron chi connectivity index (χ2n) is 31.9. The summed E-state index contributed by atoms with van der Waals surface area (Å²) in [5.74, 6) is -1.51. The number of carbonyl (C=O) groups is 4. The summed E-state index contributed by atoms with van der Waals surface area (Å²) < 4.78 is 49.0. The van der Waals surface area contributed by atoms with E-state index in [9.17, 15) is 49.0 Å². The zero-order valence-electron chi connectivity index (χ0n) is 62.6. The van der Waals surface area contributed by atoms with Gasteiger partial charge in [-0.3, -0.25) is 29.4 Å². The van der Waals surface area contributed by atoms with E-state index in [4.69, 9.17) is 30.9 Å². The van der Waals surface area contributed by atoms with Crippen molar-refractivity contribution < 1.29 is 47.3 Å². The minimum atomic E-state index is -1.08. The second kappa shape index (κ2) is 31.6. The molecule has 2 atom stereocenters. The van der Waals surface area contributed by atoms with Crippen LogP contribution in [0.2, 0.25) is 0 Å². The van der Waals surface area contributed by atoms with E-state index in [-0.39, 0.29) is 73.1 Å². The Hall–Kier alpha value is -11.1. The van der Waals surface area contributed by atoms with Gasteiger partial charge in [-0.05, 0) is 177 Å². The largest absolute Gasteiger partial charge is 0.481 e. The van der Waals surface area contributed by atoms with Crippen LogP contribution in [0, 0.1) is 106 Å². The fourth-order valence-corrected chi connectivity index (χ4v) is 15.3. The number of fused-ring (bicyclic) bond motifs is 2. The first-order valence-electron chi connectivity index (χ1n) is 36.3. The highest BCUT2D eigenvalue weighted by atomic mass is 35.5. The van der Waals surface area contributed by atoms with Gasteiger partial charge in [0.1, 0.15) is 47.7 Å². The molecule has 8 aromatic rings. The Morgan fingerprint density at radius 1 is 0.606 bits per heavy atom. The number of carboxylic acid groups (broad SMARTS) is 1. The van der Waals surface area contributed by atoms with E-state index in [0.717, 1.165) is 77.5 Å². The van der Waals surface area contributed by atoms with Crippen LogP contribution < -0.4 is 20.4 Å². The van der Waals surface area contributed by atoms with E-state index >= 15 is 0 Å². The quantitative estimate of drug-likeness (QED) is 0.0293. The van der Waals surface area contributed by atoms with Gasteiger partial charge < -0.3 is 39.8 Å². The zero-order valence-corrected chi connectivity index (χ0v) is 63.4. The van der Waals surface area contributed by atoms with Crippen molar-refractivity contribution in [1.82, 2.24) is 59.7 Å². The molecule has 3 N–H and O–H groups in total. The molecule has 8 fully saturated rings. The summed E-state index contributed by atoms with van der Waals surface area (Å²) in [7, 11) is 4.02. The van der Waals surface area contributed by atoms with Gasteiger partial charge in [0.2, 0.25) is 18.7 Å². The number of pyridine rings is 4. The van der Waals surface area contributed by atoms with Crippen LogP contribution in [-0.4, -0.2) is 155 Å². The summed E-state index contributed by atoms with van der Waals surface area (Å²) in [6.07, 6.45) is 13.6. The summed E-state index contributed by atoms with van der Waals surface area (Å²) in [6.45, 7) is 19.2. The molecule has 8 aliphatic rings. The molecule has 2 amide bonds. The average Bonchev–Trinajstić information content (AvgIpc) is 1.59. The summed E-state index contributed by atoms with van der Waals surface area (Å²) in [4.78, 5) is 75.8. The van der Waals surface area contributed by atoms with Crippen molar-refractivity contribution in [2.75, 3.05) is 86.7 Å². The topological polar surface area (TPSA) is 361 Å². The number of benzene rings is 2. The molecule has 0 spiro atoms. The lowest BCUT2D eigenvalue weighted by molar-refractivity contribution is -0.158. The summed E-state index contributed by atoms with van der Waals surface area (Å²) in [5, 5.41) is 75.0. The van der Waals surface area contributed by atoms with Gasteiger partial charge in [-0.15, -0.1) is 10.2 Å². The number of nitrogens with zero attached hydrogens (tertiary/aromatic N) is 18. The Morgan fingerprint density at radius 2 is 1.00 bits per heavy atom. The standard InChI is InChI=1S/C39H43FN10O4.C32H31ClFN9O2.C7H13NO2/c1-23-29(6-7-32(40)45-23)35(31-20-49(47-46-31)39-14-24(15-39)16-39)50(37(52)54-22-53-36(51)25-8-10-48(5)11-9-25)28-12-26(17-41)33-30(13-28)34(27(18-42)19-43-33)44-21-38(2,3)4;1-18-23(5-6-26(34)39-18)29(25-15-42(41-40-25)32-9-19(10-32)11-32)43(30(44)45-17-33)22-7-20(12-35)27-24(8-22)28(21(13-36)14-37-27)38-16-31(2,3)4;1-8-4-2-6(3-5-8)7(9)10/h6-7,12-13,19-20,24-25,35H,8-11,14-16,21-22H2,1-5H3,(H,43,44);5-8,14-15,19,29H,9-11,16-17H2,1-4H3,(H,37,38);6H,2-5H2,1H3,(H,9,10). The Bertz CT molecular complexity index is 4960. The van der Waals surface area contributed by atoms with Crippen molar-refractivity contribution in [3.63, 3.8) is 0 Å². The molecule has 109 heavy (non-hydrogen) atoms. The number of aliphatic carboxylic acids is 1. The average molecular weight is 1510 g/mol. The van der Waals surface area contributed by atoms with Crippen LogP contribution in [0.15, 0.2) is 73.3 Å². The van der Waals surface area contributed by atoms with Gasteiger partial charge in [-0.25, -0.2) is 28.9 Å². The predicted molar refractivity (Wildman–Crippen MR) is 398 cm³/mol. The number of esters is 1. The number of aromatic nitrogens is 10. The van der Waals surface area contributed by atoms with Crippen molar-refractivity contribution in [3.8, 4) is 24.3 Å². The number of nitrogens with one attached hydrogen (secondary N) is 2. The molecule has 28 nitrogen and oxygen atoms in total. The van der Waals surface area contributed by atoms with Gasteiger partial charge in [-0.1, -0.05) is 75.7 Å². The molecule has 4 bridgehead atoms. The van der Waals surface area contributed by atoms with Gasteiger partial charge in [0, 0.05) is 58.8 Å². The molecule has 6 aromatic heterocycles. The number of hydrogen-bond donors (Lipinski definition) is 3. The summed E-state index contributed by atoms with van der Waals surface area (Å²) >= 11 is 5.90. The Balaban J connectivity index is 0.000000182. The monoisotopic (exact) mass is 1500 g/mol. The summed E-state index contributed by atoms with van der Waals surface area (Å²) in [6, 6.07) is 18.1. The van der Waals surface area contributed by atoms with E-state index in [1.165, 1.54) is 52.5 Å². The number of aryl methyl sites for hydroxylation is 2. The number of piperidine rings is 2. The molecule has 568 valence electrons. The lowest BCUT2D eigenvalue weighted by atomic mass is 9.50. The molecule has 2 saturated heterocycles. The molecule has 2 aliphatic heterocycles. The number of hydrogen-bond acceptors (Lipinski definition) is 23. The van der Waals surface area contributed by atoms with E-state index < -0.39 is 61.0 Å². The van der Waals surface area contributed by atoms with E-state index in [1.54, 1.807) is 38.2 Å². The van der Waals surface area contributed by atoms with Gasteiger partial charge >= 0.3 is 24.1 Å². The van der Waals surface area contributed by atoms with Gasteiger partial charge in [-0.2, -0.15) is 29.8 Å². The normalized spacial score (nSPS) is 20.0. The Labute approximate surface area is 634 Å². The molecule has 16 rings (SSSR count). The third-order valence-electron chi connectivity index (χ3n) is 21.5. The Morgan fingerprint density at radius 3 is 1.35 bits per heavy atom. The number of nitriles is 4. The van der Waals surface area contributed by atoms with Crippen LogP contribution in [0.4, 0.5) is 41.1 Å². The van der Waals surface area contributed by atoms with Crippen LogP contribution in [0.5, 0.6) is 0 Å². The van der Waals surface area contributed by atoms with Crippen molar-refractivity contribution in [2.45, 2.75) is 143 Å². The van der Waals surface area contributed by atoms with Crippen LogP contribution in [0.1, 0.15) is 174 Å². The highest BCUT2D eigenvalue weighted by Gasteiger charge is 2.60. The minimum Gasteiger partial charge on any atom is -0.481 e. The molecule has 8 heterocycles. The maximum Gasteiger partial charge on any atom is 0.418 e. The number of carbonyl (C=O) groups excluding carboxylic acids is 3. The number of likely N-dealkylation sites (tertiary alicyclic amines) is 2. The minimum absolute atomic E-state index is 0.0814. The highest BCUT2D eigenvalue weighted by Crippen LogP contribution is 2.63. The highest BCUT2D eigenvalue weighted by molar-refractivity contribution is 6.17. The number of carboxylic acids is 1. The van der Waals surface area contributed by atoms with Crippen molar-refractivity contribution >= 4 is 80.3 Å². The number of ether oxygens (including phenoxy) is 3. The zero-order chi connectivity index (χ0) is 78.0.